The molecule has 0 aliphatic carbocycles. The predicted molar refractivity (Wildman–Crippen MR) is 101 cm³/mol. The Morgan fingerprint density at radius 1 is 1.35 bits per heavy atom. The lowest BCUT2D eigenvalue weighted by atomic mass is 10.2. The highest BCUT2D eigenvalue weighted by atomic mass is 127. The molecule has 23 heavy (non-hydrogen) atoms. The summed E-state index contributed by atoms with van der Waals surface area (Å²) < 4.78 is 2.98. The molecule has 5 nitrogen and oxygen atoms in total. The number of aromatic nitrogens is 3. The van der Waals surface area contributed by atoms with Crippen molar-refractivity contribution in [3.05, 3.63) is 50.7 Å². The van der Waals surface area contributed by atoms with E-state index in [1.807, 2.05) is 43.5 Å². The minimum atomic E-state index is -0.233. The Balaban J connectivity index is 1.75. The summed E-state index contributed by atoms with van der Waals surface area (Å²) in [6.07, 6.45) is 0. The van der Waals surface area contributed by atoms with Crippen LogP contribution in [0.2, 0.25) is 0 Å². The van der Waals surface area contributed by atoms with E-state index in [1.165, 1.54) is 14.9 Å². The van der Waals surface area contributed by atoms with Crippen molar-refractivity contribution in [2.45, 2.75) is 20.4 Å². The molecule has 1 aromatic carbocycles. The van der Waals surface area contributed by atoms with E-state index in [0.29, 0.717) is 10.8 Å². The van der Waals surface area contributed by atoms with E-state index < -0.39 is 0 Å². The van der Waals surface area contributed by atoms with Gasteiger partial charge in [-0.2, -0.15) is 5.10 Å². The first kappa shape index (κ1) is 16.1. The summed E-state index contributed by atoms with van der Waals surface area (Å²) in [5.41, 5.74) is 3.27. The summed E-state index contributed by atoms with van der Waals surface area (Å²) in [5.74, 6) is -0.233. The number of rotatable bonds is 4. The standard InChI is InChI=1S/C16H15IN4OS/c1-3-21-10(2)8-13(20-21)15(22)19-16-18-14(9-23-16)11-4-6-12(17)7-5-11/h4-9H,3H2,1-2H3,(H,18,19,22). The molecule has 0 fully saturated rings. The average Bonchev–Trinajstić information content (AvgIpc) is 3.14. The number of nitrogens with one attached hydrogen (secondary N) is 1. The number of hydrogen-bond acceptors (Lipinski definition) is 4. The van der Waals surface area contributed by atoms with Crippen LogP contribution in [0.25, 0.3) is 11.3 Å². The number of halogens is 1. The minimum Gasteiger partial charge on any atom is -0.296 e. The molecule has 1 amide bonds. The van der Waals surface area contributed by atoms with Gasteiger partial charge in [0.2, 0.25) is 0 Å². The second-order valence-electron chi connectivity index (χ2n) is 4.99. The zero-order valence-electron chi connectivity index (χ0n) is 12.7. The van der Waals surface area contributed by atoms with Gasteiger partial charge in [-0.3, -0.25) is 14.8 Å². The number of nitrogens with zero attached hydrogens (tertiary/aromatic N) is 3. The van der Waals surface area contributed by atoms with Gasteiger partial charge in [0.1, 0.15) is 0 Å². The molecule has 0 aliphatic rings. The topological polar surface area (TPSA) is 59.8 Å². The summed E-state index contributed by atoms with van der Waals surface area (Å²) in [5, 5.41) is 9.61. The van der Waals surface area contributed by atoms with Crippen LogP contribution in [0.5, 0.6) is 0 Å². The molecular weight excluding hydrogens is 423 g/mol. The second-order valence-corrected chi connectivity index (χ2v) is 7.09. The Hall–Kier alpha value is -1.74. The van der Waals surface area contributed by atoms with Crippen LogP contribution >= 0.6 is 33.9 Å². The largest absolute Gasteiger partial charge is 0.296 e. The van der Waals surface area contributed by atoms with Gasteiger partial charge in [0.05, 0.1) is 5.69 Å². The molecular formula is C16H15IN4OS. The van der Waals surface area contributed by atoms with Gasteiger partial charge in [0.25, 0.3) is 5.91 Å². The monoisotopic (exact) mass is 438 g/mol. The van der Waals surface area contributed by atoms with E-state index in [-0.39, 0.29) is 5.91 Å². The quantitative estimate of drug-likeness (QED) is 0.622. The van der Waals surface area contributed by atoms with Crippen molar-refractivity contribution in [3.8, 4) is 11.3 Å². The smallest absolute Gasteiger partial charge is 0.277 e. The van der Waals surface area contributed by atoms with Crippen molar-refractivity contribution >= 4 is 45.0 Å². The third-order valence-electron chi connectivity index (χ3n) is 3.38. The molecule has 118 valence electrons. The average molecular weight is 438 g/mol. The van der Waals surface area contributed by atoms with Gasteiger partial charge in [-0.25, -0.2) is 4.98 Å². The van der Waals surface area contributed by atoms with Crippen molar-refractivity contribution in [2.24, 2.45) is 0 Å². The van der Waals surface area contributed by atoms with Gasteiger partial charge in [0, 0.05) is 26.8 Å². The van der Waals surface area contributed by atoms with Crippen LogP contribution in [-0.2, 0) is 6.54 Å². The van der Waals surface area contributed by atoms with Crippen molar-refractivity contribution in [1.82, 2.24) is 14.8 Å². The van der Waals surface area contributed by atoms with Crippen LogP contribution in [0.4, 0.5) is 5.13 Å². The lowest BCUT2D eigenvalue weighted by Crippen LogP contribution is -2.13. The van der Waals surface area contributed by atoms with Gasteiger partial charge in [-0.05, 0) is 54.6 Å². The van der Waals surface area contributed by atoms with E-state index in [4.69, 9.17) is 0 Å². The number of aryl methyl sites for hydroxylation is 2. The highest BCUT2D eigenvalue weighted by Crippen LogP contribution is 2.25. The summed E-state index contributed by atoms with van der Waals surface area (Å²) in [4.78, 5) is 16.7. The Morgan fingerprint density at radius 2 is 2.09 bits per heavy atom. The third-order valence-corrected chi connectivity index (χ3v) is 4.85. The lowest BCUT2D eigenvalue weighted by molar-refractivity contribution is 0.102. The number of carbonyl (C=O) groups is 1. The normalized spacial score (nSPS) is 10.7. The minimum absolute atomic E-state index is 0.233. The van der Waals surface area contributed by atoms with Gasteiger partial charge in [0.15, 0.2) is 10.8 Å². The van der Waals surface area contributed by atoms with Crippen LogP contribution in [0.15, 0.2) is 35.7 Å². The Kier molecular flexibility index (Phi) is 4.76. The van der Waals surface area contributed by atoms with E-state index in [9.17, 15) is 4.79 Å². The maximum atomic E-state index is 12.3. The van der Waals surface area contributed by atoms with E-state index >= 15 is 0 Å². The number of benzene rings is 1. The van der Waals surface area contributed by atoms with Crippen molar-refractivity contribution in [3.63, 3.8) is 0 Å². The number of anilines is 1. The number of carbonyl (C=O) groups excluding carboxylic acids is 1. The SMILES string of the molecule is CCn1nc(C(=O)Nc2nc(-c3ccc(I)cc3)cs2)cc1C. The molecule has 0 spiro atoms. The molecule has 2 heterocycles. The van der Waals surface area contributed by atoms with Gasteiger partial charge < -0.3 is 0 Å². The Bertz CT molecular complexity index is 838. The third kappa shape index (κ3) is 3.61. The van der Waals surface area contributed by atoms with Gasteiger partial charge in [-0.1, -0.05) is 12.1 Å². The van der Waals surface area contributed by atoms with Crippen LogP contribution in [0, 0.1) is 10.5 Å². The number of thiazole rings is 1. The fraction of sp³-hybridized carbons (Fsp3) is 0.188. The Morgan fingerprint density at radius 3 is 2.74 bits per heavy atom. The molecule has 0 unspecified atom stereocenters. The van der Waals surface area contributed by atoms with Crippen LogP contribution in [0.1, 0.15) is 23.1 Å². The Labute approximate surface area is 151 Å². The van der Waals surface area contributed by atoms with Gasteiger partial charge in [-0.15, -0.1) is 11.3 Å². The van der Waals surface area contributed by atoms with E-state index in [0.717, 1.165) is 23.5 Å². The molecule has 0 radical (unpaired) electrons. The molecule has 0 saturated heterocycles. The molecule has 3 rings (SSSR count). The molecule has 2 aromatic heterocycles. The second kappa shape index (κ2) is 6.79. The van der Waals surface area contributed by atoms with E-state index in [2.05, 4.69) is 38.0 Å². The van der Waals surface area contributed by atoms with Crippen LogP contribution in [-0.4, -0.2) is 20.7 Å². The number of amides is 1. The molecule has 1 N–H and O–H groups in total. The maximum absolute atomic E-state index is 12.3. The van der Waals surface area contributed by atoms with Crippen molar-refractivity contribution < 1.29 is 4.79 Å². The molecule has 0 bridgehead atoms. The molecule has 7 heteroatoms. The molecule has 3 aromatic rings. The van der Waals surface area contributed by atoms with Crippen LogP contribution in [0.3, 0.4) is 0 Å². The van der Waals surface area contributed by atoms with Crippen molar-refractivity contribution in [2.75, 3.05) is 5.32 Å². The zero-order chi connectivity index (χ0) is 16.4. The first-order valence-electron chi connectivity index (χ1n) is 7.14. The molecule has 0 aliphatic heterocycles. The van der Waals surface area contributed by atoms with Gasteiger partial charge >= 0.3 is 0 Å². The first-order valence-corrected chi connectivity index (χ1v) is 9.10. The summed E-state index contributed by atoms with van der Waals surface area (Å²) in [6, 6.07) is 9.90. The summed E-state index contributed by atoms with van der Waals surface area (Å²) in [7, 11) is 0. The molecule has 0 atom stereocenters. The van der Waals surface area contributed by atoms with Crippen molar-refractivity contribution in [1.29, 1.82) is 0 Å². The first-order chi connectivity index (χ1) is 11.1. The van der Waals surface area contributed by atoms with Crippen LogP contribution < -0.4 is 5.32 Å². The maximum Gasteiger partial charge on any atom is 0.277 e. The fourth-order valence-corrected chi connectivity index (χ4v) is 3.26. The molecule has 0 saturated carbocycles. The lowest BCUT2D eigenvalue weighted by Gasteiger charge is -1.99. The highest BCUT2D eigenvalue weighted by Gasteiger charge is 2.14. The number of hydrogen-bond donors (Lipinski definition) is 1. The predicted octanol–water partition coefficient (Wildman–Crippen LogP) is 4.19. The summed E-state index contributed by atoms with van der Waals surface area (Å²) in [6.45, 7) is 4.68. The fourth-order valence-electron chi connectivity index (χ4n) is 2.19. The highest BCUT2D eigenvalue weighted by molar-refractivity contribution is 14.1. The summed E-state index contributed by atoms with van der Waals surface area (Å²) >= 11 is 3.68. The van der Waals surface area contributed by atoms with E-state index in [1.54, 1.807) is 10.7 Å². The zero-order valence-corrected chi connectivity index (χ0v) is 15.7.